The molecule has 1 amide bonds. The molecule has 1 aromatic carbocycles. The molecule has 0 spiro atoms. The highest BCUT2D eigenvalue weighted by Crippen LogP contribution is 2.10. The fourth-order valence-corrected chi connectivity index (χ4v) is 2.99. The number of rotatable bonds is 7. The number of halogens is 1. The zero-order valence-corrected chi connectivity index (χ0v) is 17.5. The van der Waals surface area contributed by atoms with E-state index in [-0.39, 0.29) is 42.2 Å². The summed E-state index contributed by atoms with van der Waals surface area (Å²) in [5.41, 5.74) is 7.71. The SMILES string of the molecule is Cc1nc(C(=O)NCc2ccc(F)c(C)c2)cc(/C(N)=N/N(N)CC2COCCO2)n1. The van der Waals surface area contributed by atoms with Crippen LogP contribution in [0.25, 0.3) is 0 Å². The van der Waals surface area contributed by atoms with E-state index in [1.54, 1.807) is 26.0 Å². The van der Waals surface area contributed by atoms with E-state index in [1.165, 1.54) is 12.1 Å². The van der Waals surface area contributed by atoms with Gasteiger partial charge in [0.15, 0.2) is 5.84 Å². The maximum Gasteiger partial charge on any atom is 0.270 e. The number of amides is 1. The van der Waals surface area contributed by atoms with Crippen LogP contribution in [0.3, 0.4) is 0 Å². The number of hydrazine groups is 1. The molecule has 11 heteroatoms. The summed E-state index contributed by atoms with van der Waals surface area (Å²) in [6.07, 6.45) is -0.209. The van der Waals surface area contributed by atoms with Crippen molar-refractivity contribution in [1.82, 2.24) is 20.4 Å². The Labute approximate surface area is 179 Å². The number of carbonyl (C=O) groups excluding carboxylic acids is 1. The first-order valence-corrected chi connectivity index (χ1v) is 9.76. The summed E-state index contributed by atoms with van der Waals surface area (Å²) in [7, 11) is 0. The summed E-state index contributed by atoms with van der Waals surface area (Å²) in [4.78, 5) is 20.9. The molecule has 1 aliphatic heterocycles. The third-order valence-corrected chi connectivity index (χ3v) is 4.52. The van der Waals surface area contributed by atoms with Gasteiger partial charge in [-0.3, -0.25) is 4.79 Å². The lowest BCUT2D eigenvalue weighted by molar-refractivity contribution is -0.0976. The third-order valence-electron chi connectivity index (χ3n) is 4.52. The summed E-state index contributed by atoms with van der Waals surface area (Å²) in [6, 6.07) is 6.09. The molecule has 31 heavy (non-hydrogen) atoms. The van der Waals surface area contributed by atoms with Gasteiger partial charge in [0.05, 0.1) is 26.4 Å². The van der Waals surface area contributed by atoms with Crippen molar-refractivity contribution >= 4 is 11.7 Å². The van der Waals surface area contributed by atoms with Gasteiger partial charge in [0, 0.05) is 6.54 Å². The number of hydrazone groups is 1. The summed E-state index contributed by atoms with van der Waals surface area (Å²) in [6.45, 7) is 5.29. The number of aromatic nitrogens is 2. The van der Waals surface area contributed by atoms with Crippen LogP contribution in [0.5, 0.6) is 0 Å². The second kappa shape index (κ2) is 10.2. The highest BCUT2D eigenvalue weighted by Gasteiger charge is 2.17. The fourth-order valence-electron chi connectivity index (χ4n) is 2.99. The molecule has 3 rings (SSSR count). The summed E-state index contributed by atoms with van der Waals surface area (Å²) in [5.74, 6) is 5.57. The number of carbonyl (C=O) groups is 1. The molecule has 1 atom stereocenters. The van der Waals surface area contributed by atoms with Crippen LogP contribution in [0.2, 0.25) is 0 Å². The van der Waals surface area contributed by atoms with Gasteiger partial charge in [-0.2, -0.15) is 0 Å². The predicted molar refractivity (Wildman–Crippen MR) is 111 cm³/mol. The summed E-state index contributed by atoms with van der Waals surface area (Å²) < 4.78 is 24.2. The third kappa shape index (κ3) is 6.41. The molecule has 5 N–H and O–H groups in total. The van der Waals surface area contributed by atoms with Gasteiger partial charge in [-0.25, -0.2) is 25.3 Å². The van der Waals surface area contributed by atoms with E-state index in [0.29, 0.717) is 31.2 Å². The molecule has 2 heterocycles. The van der Waals surface area contributed by atoms with Crippen molar-refractivity contribution in [3.63, 3.8) is 0 Å². The Morgan fingerprint density at radius 1 is 1.29 bits per heavy atom. The molecular formula is C20H26FN7O3. The van der Waals surface area contributed by atoms with Crippen LogP contribution >= 0.6 is 0 Å². The maximum absolute atomic E-state index is 13.4. The van der Waals surface area contributed by atoms with Crippen LogP contribution in [0.1, 0.15) is 33.1 Å². The Balaban J connectivity index is 1.66. The van der Waals surface area contributed by atoms with Crippen molar-refractivity contribution in [2.75, 3.05) is 26.4 Å². The molecule has 1 aromatic heterocycles. The van der Waals surface area contributed by atoms with E-state index in [2.05, 4.69) is 20.4 Å². The minimum Gasteiger partial charge on any atom is -0.380 e. The Morgan fingerprint density at radius 2 is 2.06 bits per heavy atom. The number of hydrogen-bond acceptors (Lipinski definition) is 8. The van der Waals surface area contributed by atoms with Gasteiger partial charge in [-0.1, -0.05) is 12.1 Å². The monoisotopic (exact) mass is 431 g/mol. The van der Waals surface area contributed by atoms with Gasteiger partial charge in [-0.05, 0) is 37.1 Å². The van der Waals surface area contributed by atoms with Crippen molar-refractivity contribution in [3.05, 3.63) is 58.4 Å². The molecule has 1 saturated heterocycles. The van der Waals surface area contributed by atoms with E-state index in [4.69, 9.17) is 21.1 Å². The molecule has 1 unspecified atom stereocenters. The molecule has 1 fully saturated rings. The standard InChI is InChI=1S/C20H26FN7O3/c1-12-7-14(3-4-16(12)21)9-24-20(29)18-8-17(25-13(2)26-18)19(22)27-28(23)10-15-11-30-5-6-31-15/h3-4,7-8,15H,5-6,9-11,23H2,1-2H3,(H2,22,27)(H,24,29). The molecule has 1 aliphatic rings. The Morgan fingerprint density at radius 3 is 2.77 bits per heavy atom. The summed E-state index contributed by atoms with van der Waals surface area (Å²) >= 11 is 0. The average Bonchev–Trinajstić information content (AvgIpc) is 2.74. The predicted octanol–water partition coefficient (Wildman–Crippen LogP) is 0.374. The number of amidine groups is 1. The molecule has 10 nitrogen and oxygen atoms in total. The van der Waals surface area contributed by atoms with Crippen molar-refractivity contribution in [2.24, 2.45) is 16.7 Å². The first kappa shape index (κ1) is 22.5. The number of nitrogens with two attached hydrogens (primary N) is 2. The van der Waals surface area contributed by atoms with Crippen LogP contribution in [0.15, 0.2) is 29.4 Å². The first-order chi connectivity index (χ1) is 14.8. The first-order valence-electron chi connectivity index (χ1n) is 9.76. The quantitative estimate of drug-likeness (QED) is 0.247. The number of aryl methyl sites for hydroxylation is 2. The minimum atomic E-state index is -0.418. The van der Waals surface area contributed by atoms with E-state index >= 15 is 0 Å². The van der Waals surface area contributed by atoms with Crippen LogP contribution < -0.4 is 16.9 Å². The van der Waals surface area contributed by atoms with Crippen LogP contribution in [-0.4, -0.2) is 59.3 Å². The number of nitrogens with zero attached hydrogens (tertiary/aromatic N) is 4. The van der Waals surface area contributed by atoms with Gasteiger partial charge >= 0.3 is 0 Å². The zero-order chi connectivity index (χ0) is 22.4. The van der Waals surface area contributed by atoms with Crippen molar-refractivity contribution in [1.29, 1.82) is 0 Å². The molecule has 166 valence electrons. The van der Waals surface area contributed by atoms with Crippen LogP contribution in [0.4, 0.5) is 4.39 Å². The van der Waals surface area contributed by atoms with E-state index in [0.717, 1.165) is 10.7 Å². The van der Waals surface area contributed by atoms with E-state index < -0.39 is 5.91 Å². The van der Waals surface area contributed by atoms with E-state index in [1.807, 2.05) is 0 Å². The smallest absolute Gasteiger partial charge is 0.270 e. The van der Waals surface area contributed by atoms with E-state index in [9.17, 15) is 9.18 Å². The molecule has 0 radical (unpaired) electrons. The van der Waals surface area contributed by atoms with Crippen molar-refractivity contribution < 1.29 is 18.7 Å². The largest absolute Gasteiger partial charge is 0.380 e. The van der Waals surface area contributed by atoms with Crippen LogP contribution in [-0.2, 0) is 16.0 Å². The number of nitrogens with one attached hydrogen (secondary N) is 1. The van der Waals surface area contributed by atoms with Gasteiger partial charge < -0.3 is 20.5 Å². The van der Waals surface area contributed by atoms with Gasteiger partial charge in [-0.15, -0.1) is 5.10 Å². The lowest BCUT2D eigenvalue weighted by atomic mass is 10.1. The normalized spacial score (nSPS) is 16.8. The number of ether oxygens (including phenoxy) is 2. The molecule has 2 aromatic rings. The minimum absolute atomic E-state index is 0.0351. The fraction of sp³-hybridized carbons (Fsp3) is 0.400. The summed E-state index contributed by atoms with van der Waals surface area (Å²) in [5, 5.41) is 8.01. The average molecular weight is 431 g/mol. The van der Waals surface area contributed by atoms with Gasteiger partial charge in [0.2, 0.25) is 0 Å². The highest BCUT2D eigenvalue weighted by molar-refractivity contribution is 5.99. The molecule has 0 saturated carbocycles. The lowest BCUT2D eigenvalue weighted by Gasteiger charge is -2.25. The topological polar surface area (TPSA) is 141 Å². The maximum atomic E-state index is 13.4. The van der Waals surface area contributed by atoms with Crippen molar-refractivity contribution in [3.8, 4) is 0 Å². The number of benzene rings is 1. The second-order valence-electron chi connectivity index (χ2n) is 7.13. The molecule has 0 aliphatic carbocycles. The van der Waals surface area contributed by atoms with Gasteiger partial charge in [0.1, 0.15) is 29.1 Å². The Kier molecular flexibility index (Phi) is 7.45. The van der Waals surface area contributed by atoms with Gasteiger partial charge in [0.25, 0.3) is 5.91 Å². The van der Waals surface area contributed by atoms with Crippen molar-refractivity contribution in [2.45, 2.75) is 26.5 Å². The molecule has 0 bridgehead atoms. The van der Waals surface area contributed by atoms with Crippen LogP contribution in [0, 0.1) is 19.7 Å². The second-order valence-corrected chi connectivity index (χ2v) is 7.13. The number of hydrogen-bond donors (Lipinski definition) is 3. The lowest BCUT2D eigenvalue weighted by Crippen LogP contribution is -2.41. The Hall–Kier alpha value is -3.15. The zero-order valence-electron chi connectivity index (χ0n) is 17.5. The highest BCUT2D eigenvalue weighted by atomic mass is 19.1. The Bertz CT molecular complexity index is 964. The molecular weight excluding hydrogens is 405 g/mol.